The number of hydroxylamine groups is 1. The van der Waals surface area contributed by atoms with Gasteiger partial charge in [0.2, 0.25) is 0 Å². The van der Waals surface area contributed by atoms with Gasteiger partial charge >= 0.3 is 0 Å². The summed E-state index contributed by atoms with van der Waals surface area (Å²) in [7, 11) is 0. The molecule has 116 valence electrons. The van der Waals surface area contributed by atoms with Crippen LogP contribution in [-0.4, -0.2) is 22.5 Å². The van der Waals surface area contributed by atoms with Crippen molar-refractivity contribution in [3.63, 3.8) is 0 Å². The lowest BCUT2D eigenvalue weighted by molar-refractivity contribution is -0.131. The lowest BCUT2D eigenvalue weighted by Crippen LogP contribution is -2.25. The quantitative estimate of drug-likeness (QED) is 0.735. The predicted molar refractivity (Wildman–Crippen MR) is 88.1 cm³/mol. The summed E-state index contributed by atoms with van der Waals surface area (Å²) in [6, 6.07) is 19.0. The molecule has 0 heterocycles. The molecule has 0 saturated heterocycles. The number of carbonyl (C=O) groups is 1. The van der Waals surface area contributed by atoms with E-state index < -0.39 is 6.10 Å². The van der Waals surface area contributed by atoms with Crippen molar-refractivity contribution < 1.29 is 14.7 Å². The number of carbonyl (C=O) groups excluding carboxylic acids is 1. The highest BCUT2D eigenvalue weighted by Crippen LogP contribution is 2.17. The third kappa shape index (κ3) is 5.89. The first kappa shape index (κ1) is 16.5. The summed E-state index contributed by atoms with van der Waals surface area (Å²) in [5.41, 5.74) is 4.26. The van der Waals surface area contributed by atoms with Gasteiger partial charge in [-0.25, -0.2) is 5.48 Å². The Morgan fingerprint density at radius 2 is 1.73 bits per heavy atom. The second kappa shape index (κ2) is 9.25. The Balaban J connectivity index is 1.60. The third-order valence-electron chi connectivity index (χ3n) is 2.96. The third-order valence-corrected chi connectivity index (χ3v) is 3.98. The first-order valence-electron chi connectivity index (χ1n) is 7.01. The van der Waals surface area contributed by atoms with E-state index in [1.165, 1.54) is 11.8 Å². The molecule has 1 unspecified atom stereocenters. The normalized spacial score (nSPS) is 11.9. The maximum absolute atomic E-state index is 11.6. The van der Waals surface area contributed by atoms with E-state index >= 15 is 0 Å². The maximum Gasteiger partial charge on any atom is 0.253 e. The zero-order valence-corrected chi connectivity index (χ0v) is 13.0. The number of hydrogen-bond donors (Lipinski definition) is 2. The van der Waals surface area contributed by atoms with Gasteiger partial charge < -0.3 is 5.11 Å². The van der Waals surface area contributed by atoms with Gasteiger partial charge in [-0.15, -0.1) is 11.8 Å². The van der Waals surface area contributed by atoms with Crippen molar-refractivity contribution in [1.82, 2.24) is 5.48 Å². The van der Waals surface area contributed by atoms with Crippen LogP contribution in [0.4, 0.5) is 0 Å². The fourth-order valence-electron chi connectivity index (χ4n) is 1.84. The van der Waals surface area contributed by atoms with Gasteiger partial charge in [-0.3, -0.25) is 9.63 Å². The fraction of sp³-hybridized carbons (Fsp3) is 0.235. The van der Waals surface area contributed by atoms with E-state index in [4.69, 9.17) is 4.84 Å². The molecule has 0 saturated carbocycles. The minimum absolute atomic E-state index is 0.207. The van der Waals surface area contributed by atoms with E-state index in [1.807, 2.05) is 60.7 Å². The summed E-state index contributed by atoms with van der Waals surface area (Å²) in [6.07, 6.45) is -0.566. The Kier molecular flexibility index (Phi) is 6.96. The highest BCUT2D eigenvalue weighted by molar-refractivity contribution is 7.99. The van der Waals surface area contributed by atoms with Gasteiger partial charge in [0.25, 0.3) is 5.91 Å². The maximum atomic E-state index is 11.6. The largest absolute Gasteiger partial charge is 0.388 e. The molecule has 2 aromatic rings. The second-order valence-corrected chi connectivity index (χ2v) is 5.77. The van der Waals surface area contributed by atoms with E-state index in [0.717, 1.165) is 11.1 Å². The summed E-state index contributed by atoms with van der Waals surface area (Å²) in [5, 5.41) is 9.97. The summed E-state index contributed by atoms with van der Waals surface area (Å²) in [5.74, 6) is 0.510. The van der Waals surface area contributed by atoms with Crippen molar-refractivity contribution in [2.75, 3.05) is 11.5 Å². The average Bonchev–Trinajstić information content (AvgIpc) is 2.56. The van der Waals surface area contributed by atoms with E-state index in [9.17, 15) is 9.90 Å². The van der Waals surface area contributed by atoms with Crippen LogP contribution < -0.4 is 5.48 Å². The molecule has 2 aromatic carbocycles. The minimum atomic E-state index is -0.566. The molecule has 1 atom stereocenters. The molecule has 0 aliphatic rings. The Bertz CT molecular complexity index is 563. The van der Waals surface area contributed by atoms with Gasteiger partial charge in [0, 0.05) is 5.75 Å². The van der Waals surface area contributed by atoms with Crippen molar-refractivity contribution in [1.29, 1.82) is 0 Å². The number of benzene rings is 2. The van der Waals surface area contributed by atoms with Crippen LogP contribution in [0.3, 0.4) is 0 Å². The molecular weight excluding hydrogens is 298 g/mol. The summed E-state index contributed by atoms with van der Waals surface area (Å²) in [4.78, 5) is 16.8. The van der Waals surface area contributed by atoms with E-state index in [1.54, 1.807) is 0 Å². The van der Waals surface area contributed by atoms with Crippen LogP contribution in [0.2, 0.25) is 0 Å². The molecule has 5 heteroatoms. The zero-order chi connectivity index (χ0) is 15.6. The molecule has 4 nitrogen and oxygen atoms in total. The van der Waals surface area contributed by atoms with Crippen molar-refractivity contribution in [3.8, 4) is 0 Å². The topological polar surface area (TPSA) is 58.6 Å². The number of rotatable bonds is 8. The Hall–Kier alpha value is -1.82. The van der Waals surface area contributed by atoms with Crippen LogP contribution in [0.1, 0.15) is 17.2 Å². The van der Waals surface area contributed by atoms with E-state index in [0.29, 0.717) is 12.4 Å². The summed E-state index contributed by atoms with van der Waals surface area (Å²) >= 11 is 1.37. The second-order valence-electron chi connectivity index (χ2n) is 4.74. The first-order valence-corrected chi connectivity index (χ1v) is 8.16. The van der Waals surface area contributed by atoms with Gasteiger partial charge in [-0.05, 0) is 11.1 Å². The molecule has 0 radical (unpaired) electrons. The number of aliphatic hydroxyl groups excluding tert-OH is 1. The molecule has 1 amide bonds. The number of amides is 1. The van der Waals surface area contributed by atoms with Crippen LogP contribution >= 0.6 is 11.8 Å². The summed E-state index contributed by atoms with van der Waals surface area (Å²) < 4.78 is 0. The molecule has 0 aliphatic carbocycles. The van der Waals surface area contributed by atoms with E-state index in [-0.39, 0.29) is 11.7 Å². The highest BCUT2D eigenvalue weighted by atomic mass is 32.2. The zero-order valence-electron chi connectivity index (χ0n) is 12.1. The molecule has 0 bridgehead atoms. The van der Waals surface area contributed by atoms with Crippen LogP contribution in [0.15, 0.2) is 60.7 Å². The molecule has 22 heavy (non-hydrogen) atoms. The number of aliphatic hydroxyl groups is 1. The Morgan fingerprint density at radius 3 is 2.41 bits per heavy atom. The number of nitrogens with one attached hydrogen (secondary N) is 1. The van der Waals surface area contributed by atoms with Crippen LogP contribution in [0.5, 0.6) is 0 Å². The predicted octanol–water partition coefficient (Wildman–Crippen LogP) is 2.70. The molecule has 0 spiro atoms. The van der Waals surface area contributed by atoms with E-state index in [2.05, 4.69) is 5.48 Å². The van der Waals surface area contributed by atoms with Crippen LogP contribution in [0.25, 0.3) is 0 Å². The fourth-order valence-corrected chi connectivity index (χ4v) is 2.62. The molecule has 0 aromatic heterocycles. The van der Waals surface area contributed by atoms with Crippen molar-refractivity contribution in [2.45, 2.75) is 12.7 Å². The van der Waals surface area contributed by atoms with Gasteiger partial charge in [0.1, 0.15) is 0 Å². The highest BCUT2D eigenvalue weighted by Gasteiger charge is 2.08. The van der Waals surface area contributed by atoms with Crippen molar-refractivity contribution >= 4 is 17.7 Å². The molecule has 2 N–H and O–H groups in total. The molecule has 2 rings (SSSR count). The lowest BCUT2D eigenvalue weighted by atomic mass is 10.1. The monoisotopic (exact) mass is 317 g/mol. The molecule has 0 aliphatic heterocycles. The minimum Gasteiger partial charge on any atom is -0.388 e. The van der Waals surface area contributed by atoms with Crippen LogP contribution in [0, 0.1) is 0 Å². The number of thioether (sulfide) groups is 1. The van der Waals surface area contributed by atoms with Crippen molar-refractivity contribution in [2.24, 2.45) is 0 Å². The molecule has 0 fully saturated rings. The van der Waals surface area contributed by atoms with Gasteiger partial charge in [-0.1, -0.05) is 60.7 Å². The first-order chi connectivity index (χ1) is 10.8. The summed E-state index contributed by atoms with van der Waals surface area (Å²) in [6.45, 7) is 0.337. The van der Waals surface area contributed by atoms with Gasteiger partial charge in [-0.2, -0.15) is 0 Å². The van der Waals surface area contributed by atoms with Gasteiger partial charge in [0.15, 0.2) is 0 Å². The Labute approximate surface area is 134 Å². The van der Waals surface area contributed by atoms with Crippen molar-refractivity contribution in [3.05, 3.63) is 71.8 Å². The van der Waals surface area contributed by atoms with Crippen LogP contribution in [-0.2, 0) is 16.2 Å². The lowest BCUT2D eigenvalue weighted by Gasteiger charge is -2.10. The average molecular weight is 317 g/mol. The molecular formula is C17H19NO3S. The SMILES string of the molecule is O=C(CSCC(O)c1ccccc1)NOCc1ccccc1. The Morgan fingerprint density at radius 1 is 1.09 bits per heavy atom. The standard InChI is InChI=1S/C17H19NO3S/c19-16(15-9-5-2-6-10-15)12-22-13-17(20)18-21-11-14-7-3-1-4-8-14/h1-10,16,19H,11-13H2,(H,18,20). The number of hydrogen-bond acceptors (Lipinski definition) is 4. The van der Waals surface area contributed by atoms with Gasteiger partial charge in [0.05, 0.1) is 18.5 Å². The smallest absolute Gasteiger partial charge is 0.253 e.